The van der Waals surface area contributed by atoms with Crippen LogP contribution in [0.25, 0.3) is 0 Å². The molecule has 0 saturated heterocycles. The Labute approximate surface area is 209 Å². The minimum absolute atomic E-state index is 0.0335. The number of hydrogen-bond donors (Lipinski definition) is 2. The highest BCUT2D eigenvalue weighted by Gasteiger charge is 2.27. The van der Waals surface area contributed by atoms with Crippen molar-refractivity contribution in [2.24, 2.45) is 5.10 Å². The monoisotopic (exact) mass is 569 g/mol. The number of benzene rings is 3. The quantitative estimate of drug-likeness (QED) is 0.300. The van der Waals surface area contributed by atoms with Gasteiger partial charge < -0.3 is 5.11 Å². The maximum Gasteiger partial charge on any atom is 0.255 e. The first-order valence-electron chi connectivity index (χ1n) is 9.46. The fourth-order valence-corrected chi connectivity index (χ4v) is 4.73. The average molecular weight is 571 g/mol. The Hall–Kier alpha value is -2.43. The summed E-state index contributed by atoms with van der Waals surface area (Å²) in [6.45, 7) is -0.587. The Morgan fingerprint density at radius 1 is 1.03 bits per heavy atom. The van der Waals surface area contributed by atoms with Gasteiger partial charge in [-0.3, -0.25) is 4.79 Å². The lowest BCUT2D eigenvalue weighted by molar-refractivity contribution is -0.121. The van der Waals surface area contributed by atoms with Gasteiger partial charge in [-0.05, 0) is 71.8 Å². The average Bonchev–Trinajstić information content (AvgIpc) is 2.77. The standard InChI is InChI=1S/C22H18BrCl2N3O4S/c23-17-4-8-19(9-5-17)33(31,32)28(13-16-3-10-20(24)21(25)11-16)14-22(30)27-26-12-15-1-6-18(29)7-2-15/h1-12,29H,13-14H2,(H,27,30)/b26-12+. The molecule has 172 valence electrons. The van der Waals surface area contributed by atoms with Crippen LogP contribution in [0.15, 0.2) is 81.2 Å². The Kier molecular flexibility index (Phi) is 8.50. The lowest BCUT2D eigenvalue weighted by Gasteiger charge is -2.22. The van der Waals surface area contributed by atoms with Crippen molar-refractivity contribution in [3.63, 3.8) is 0 Å². The molecule has 33 heavy (non-hydrogen) atoms. The molecule has 2 N–H and O–H groups in total. The number of carbonyl (C=O) groups is 1. The van der Waals surface area contributed by atoms with E-state index in [4.69, 9.17) is 23.2 Å². The summed E-state index contributed by atoms with van der Waals surface area (Å²) < 4.78 is 28.3. The predicted octanol–water partition coefficient (Wildman–Crippen LogP) is 4.80. The van der Waals surface area contributed by atoms with Gasteiger partial charge in [0.25, 0.3) is 5.91 Å². The summed E-state index contributed by atoms with van der Waals surface area (Å²) in [6, 6.07) is 17.0. The number of nitrogens with zero attached hydrogens (tertiary/aromatic N) is 2. The van der Waals surface area contributed by atoms with E-state index in [-0.39, 0.29) is 22.2 Å². The van der Waals surface area contributed by atoms with Gasteiger partial charge in [0.2, 0.25) is 10.0 Å². The van der Waals surface area contributed by atoms with Crippen LogP contribution < -0.4 is 5.43 Å². The van der Waals surface area contributed by atoms with Crippen molar-refractivity contribution >= 4 is 61.3 Å². The van der Waals surface area contributed by atoms with Crippen molar-refractivity contribution in [2.45, 2.75) is 11.4 Å². The normalized spacial score (nSPS) is 11.8. The first-order chi connectivity index (χ1) is 15.6. The second-order valence-corrected chi connectivity index (χ2v) is 10.5. The van der Waals surface area contributed by atoms with E-state index in [1.54, 1.807) is 42.5 Å². The van der Waals surface area contributed by atoms with Gasteiger partial charge in [0, 0.05) is 11.0 Å². The lowest BCUT2D eigenvalue weighted by atomic mass is 10.2. The topological polar surface area (TPSA) is 99.1 Å². The van der Waals surface area contributed by atoms with Crippen molar-refractivity contribution in [2.75, 3.05) is 6.54 Å². The van der Waals surface area contributed by atoms with Gasteiger partial charge in [0.1, 0.15) is 5.75 Å². The number of hydrogen-bond acceptors (Lipinski definition) is 5. The van der Waals surface area contributed by atoms with Crippen LogP contribution in [-0.4, -0.2) is 36.5 Å². The molecule has 1 amide bonds. The molecule has 0 radical (unpaired) electrons. The smallest absolute Gasteiger partial charge is 0.255 e. The summed E-state index contributed by atoms with van der Waals surface area (Å²) in [7, 11) is -4.02. The zero-order valence-electron chi connectivity index (χ0n) is 17.0. The first kappa shape index (κ1) is 25.2. The number of halogens is 3. The van der Waals surface area contributed by atoms with Crippen LogP contribution in [0.2, 0.25) is 10.0 Å². The Morgan fingerprint density at radius 3 is 2.33 bits per heavy atom. The Balaban J connectivity index is 1.81. The van der Waals surface area contributed by atoms with Gasteiger partial charge in [0.15, 0.2) is 0 Å². The highest BCUT2D eigenvalue weighted by molar-refractivity contribution is 9.10. The molecule has 0 aliphatic heterocycles. The van der Waals surface area contributed by atoms with E-state index >= 15 is 0 Å². The molecule has 3 aromatic carbocycles. The summed E-state index contributed by atoms with van der Waals surface area (Å²) in [4.78, 5) is 12.5. The number of hydrazone groups is 1. The largest absolute Gasteiger partial charge is 0.508 e. The second-order valence-electron chi connectivity index (χ2n) is 6.86. The lowest BCUT2D eigenvalue weighted by Crippen LogP contribution is -2.39. The van der Waals surface area contributed by atoms with Crippen molar-refractivity contribution in [3.8, 4) is 5.75 Å². The van der Waals surface area contributed by atoms with E-state index in [2.05, 4.69) is 26.5 Å². The number of aromatic hydroxyl groups is 1. The summed E-state index contributed by atoms with van der Waals surface area (Å²) in [5.41, 5.74) is 3.52. The molecular weight excluding hydrogens is 553 g/mol. The van der Waals surface area contributed by atoms with E-state index in [9.17, 15) is 18.3 Å². The van der Waals surface area contributed by atoms with Crippen LogP contribution >= 0.6 is 39.1 Å². The molecule has 0 bridgehead atoms. The molecule has 0 aromatic heterocycles. The zero-order chi connectivity index (χ0) is 24.0. The number of nitrogens with one attached hydrogen (secondary N) is 1. The third-order valence-corrected chi connectivity index (χ3v) is 7.48. The SMILES string of the molecule is O=C(CN(Cc1ccc(Cl)c(Cl)c1)S(=O)(=O)c1ccc(Br)cc1)N/N=C/c1ccc(O)cc1. The number of sulfonamides is 1. The second kappa shape index (κ2) is 11.1. The Bertz CT molecular complexity index is 1270. The molecule has 0 heterocycles. The van der Waals surface area contributed by atoms with Gasteiger partial charge >= 0.3 is 0 Å². The van der Waals surface area contributed by atoms with E-state index < -0.39 is 22.5 Å². The van der Waals surface area contributed by atoms with Gasteiger partial charge in [-0.1, -0.05) is 45.2 Å². The minimum Gasteiger partial charge on any atom is -0.508 e. The molecular formula is C22H18BrCl2N3O4S. The van der Waals surface area contributed by atoms with E-state index in [0.29, 0.717) is 16.1 Å². The summed E-state index contributed by atoms with van der Waals surface area (Å²) in [6.07, 6.45) is 1.38. The van der Waals surface area contributed by atoms with Crippen LogP contribution in [-0.2, 0) is 21.4 Å². The van der Waals surface area contributed by atoms with Gasteiger partial charge in [-0.15, -0.1) is 0 Å². The van der Waals surface area contributed by atoms with Crippen LogP contribution in [0.1, 0.15) is 11.1 Å². The van der Waals surface area contributed by atoms with Crippen LogP contribution in [0, 0.1) is 0 Å². The molecule has 11 heteroatoms. The number of rotatable bonds is 8. The fourth-order valence-electron chi connectivity index (χ4n) is 2.76. The molecule has 0 atom stereocenters. The molecule has 3 aromatic rings. The van der Waals surface area contributed by atoms with Gasteiger partial charge in [0.05, 0.1) is 27.7 Å². The van der Waals surface area contributed by atoms with Crippen LogP contribution in [0.4, 0.5) is 0 Å². The molecule has 0 aliphatic rings. The van der Waals surface area contributed by atoms with E-state index in [1.807, 2.05) is 0 Å². The molecule has 0 aliphatic carbocycles. The predicted molar refractivity (Wildman–Crippen MR) is 132 cm³/mol. The Morgan fingerprint density at radius 2 is 1.70 bits per heavy atom. The van der Waals surface area contributed by atoms with Crippen molar-refractivity contribution in [1.29, 1.82) is 0 Å². The summed E-state index contributed by atoms with van der Waals surface area (Å²) in [5, 5.41) is 13.8. The van der Waals surface area contributed by atoms with E-state index in [0.717, 1.165) is 8.78 Å². The minimum atomic E-state index is -4.02. The molecule has 0 spiro atoms. The third-order valence-electron chi connectivity index (χ3n) is 4.41. The third kappa shape index (κ3) is 7.02. The number of amides is 1. The van der Waals surface area contributed by atoms with Gasteiger partial charge in [-0.25, -0.2) is 13.8 Å². The van der Waals surface area contributed by atoms with Crippen molar-refractivity contribution < 1.29 is 18.3 Å². The maximum absolute atomic E-state index is 13.3. The van der Waals surface area contributed by atoms with Crippen LogP contribution in [0.5, 0.6) is 5.75 Å². The molecule has 0 fully saturated rings. The number of phenols is 1. The summed E-state index contributed by atoms with van der Waals surface area (Å²) in [5.74, 6) is -0.530. The number of phenolic OH excluding ortho intramolecular Hbond substituents is 1. The zero-order valence-corrected chi connectivity index (χ0v) is 20.9. The molecule has 3 rings (SSSR count). The number of carbonyl (C=O) groups excluding carboxylic acids is 1. The molecule has 7 nitrogen and oxygen atoms in total. The summed E-state index contributed by atoms with van der Waals surface area (Å²) >= 11 is 15.3. The highest BCUT2D eigenvalue weighted by atomic mass is 79.9. The highest BCUT2D eigenvalue weighted by Crippen LogP contribution is 2.25. The maximum atomic E-state index is 13.3. The molecule has 0 unspecified atom stereocenters. The van der Waals surface area contributed by atoms with Crippen molar-refractivity contribution in [3.05, 3.63) is 92.4 Å². The van der Waals surface area contributed by atoms with Crippen LogP contribution in [0.3, 0.4) is 0 Å². The van der Waals surface area contributed by atoms with Gasteiger partial charge in [-0.2, -0.15) is 9.41 Å². The first-order valence-corrected chi connectivity index (χ1v) is 12.4. The fraction of sp³-hybridized carbons (Fsp3) is 0.0909. The van der Waals surface area contributed by atoms with E-state index in [1.165, 1.54) is 30.5 Å². The molecule has 0 saturated carbocycles. The van der Waals surface area contributed by atoms with Crippen molar-refractivity contribution in [1.82, 2.24) is 9.73 Å².